The summed E-state index contributed by atoms with van der Waals surface area (Å²) in [5.74, 6) is 0. The summed E-state index contributed by atoms with van der Waals surface area (Å²) in [6.45, 7) is 6.92. The molecule has 1 aromatic carbocycles. The number of morpholine rings is 1. The van der Waals surface area contributed by atoms with Crippen LogP contribution in [0.25, 0.3) is 0 Å². The number of hydrogen-bond donors (Lipinski definition) is 2. The molecule has 2 N–H and O–H groups in total. The molecule has 0 aromatic heterocycles. The van der Waals surface area contributed by atoms with Crippen LogP contribution in [-0.4, -0.2) is 32.3 Å². The molecule has 3 heteroatoms. The van der Waals surface area contributed by atoms with Crippen LogP contribution in [0.2, 0.25) is 0 Å². The smallest absolute Gasteiger partial charge is 0.0620 e. The Labute approximate surface area is 116 Å². The summed E-state index contributed by atoms with van der Waals surface area (Å²) < 4.78 is 5.44. The molecule has 0 bridgehead atoms. The second kappa shape index (κ2) is 8.31. The molecule has 2 rings (SSSR count). The van der Waals surface area contributed by atoms with Crippen LogP contribution in [0.5, 0.6) is 0 Å². The Balaban J connectivity index is 1.62. The van der Waals surface area contributed by atoms with Crippen LogP contribution in [0.4, 0.5) is 0 Å². The molecule has 1 aliphatic heterocycles. The van der Waals surface area contributed by atoms with Gasteiger partial charge in [0.15, 0.2) is 0 Å². The van der Waals surface area contributed by atoms with Crippen LogP contribution in [0.1, 0.15) is 30.9 Å². The molecule has 1 fully saturated rings. The summed E-state index contributed by atoms with van der Waals surface area (Å²) in [7, 11) is 0. The molecule has 106 valence electrons. The van der Waals surface area contributed by atoms with Gasteiger partial charge in [-0.3, -0.25) is 0 Å². The number of rotatable bonds is 7. The monoisotopic (exact) mass is 262 g/mol. The first-order valence-electron chi connectivity index (χ1n) is 7.48. The van der Waals surface area contributed by atoms with Crippen molar-refractivity contribution >= 4 is 0 Å². The second-order valence-corrected chi connectivity index (χ2v) is 5.26. The van der Waals surface area contributed by atoms with E-state index >= 15 is 0 Å². The normalized spacial score (nSPS) is 19.5. The molecule has 3 nitrogen and oxygen atoms in total. The molecule has 1 saturated heterocycles. The molecular weight excluding hydrogens is 236 g/mol. The first-order chi connectivity index (χ1) is 9.38. The molecule has 1 aromatic rings. The molecule has 0 amide bonds. The maximum atomic E-state index is 5.44. The maximum absolute atomic E-state index is 5.44. The number of ether oxygens (including phenoxy) is 1. The largest absolute Gasteiger partial charge is 0.379 e. The second-order valence-electron chi connectivity index (χ2n) is 5.26. The Hall–Kier alpha value is -0.900. The van der Waals surface area contributed by atoms with E-state index in [9.17, 15) is 0 Å². The maximum Gasteiger partial charge on any atom is 0.0620 e. The van der Waals surface area contributed by atoms with Gasteiger partial charge in [-0.1, -0.05) is 37.6 Å². The van der Waals surface area contributed by atoms with Crippen LogP contribution in [0, 0.1) is 0 Å². The predicted molar refractivity (Wildman–Crippen MR) is 79.4 cm³/mol. The summed E-state index contributed by atoms with van der Waals surface area (Å²) in [5.41, 5.74) is 2.81. The minimum absolute atomic E-state index is 0.521. The molecular formula is C16H26N2O. The Morgan fingerprint density at radius 3 is 2.74 bits per heavy atom. The quantitative estimate of drug-likeness (QED) is 0.738. The number of nitrogens with one attached hydrogen (secondary N) is 2. The Kier molecular flexibility index (Phi) is 6.34. The van der Waals surface area contributed by atoms with E-state index in [1.165, 1.54) is 24.0 Å². The highest BCUT2D eigenvalue weighted by atomic mass is 16.5. The van der Waals surface area contributed by atoms with Gasteiger partial charge in [-0.25, -0.2) is 0 Å². The Morgan fingerprint density at radius 1 is 1.26 bits per heavy atom. The molecule has 1 unspecified atom stereocenters. The minimum Gasteiger partial charge on any atom is -0.379 e. The van der Waals surface area contributed by atoms with Crippen molar-refractivity contribution in [1.29, 1.82) is 0 Å². The van der Waals surface area contributed by atoms with Crippen LogP contribution < -0.4 is 10.6 Å². The standard InChI is InChI=1S/C16H26N2O/c1-2-3-14-4-6-15(7-5-14)12-17-9-8-16-13-19-11-10-18-16/h4-7,16-18H,2-3,8-13H2,1H3. The molecule has 19 heavy (non-hydrogen) atoms. The lowest BCUT2D eigenvalue weighted by atomic mass is 10.1. The summed E-state index contributed by atoms with van der Waals surface area (Å²) >= 11 is 0. The fourth-order valence-corrected chi connectivity index (χ4v) is 2.43. The molecule has 0 aliphatic carbocycles. The summed E-state index contributed by atoms with van der Waals surface area (Å²) in [6, 6.07) is 9.49. The van der Waals surface area contributed by atoms with Gasteiger partial charge in [0.25, 0.3) is 0 Å². The van der Waals surface area contributed by atoms with Crippen molar-refractivity contribution in [2.24, 2.45) is 0 Å². The zero-order valence-corrected chi connectivity index (χ0v) is 12.0. The van der Waals surface area contributed by atoms with Gasteiger partial charge < -0.3 is 15.4 Å². The number of benzene rings is 1. The van der Waals surface area contributed by atoms with E-state index in [0.717, 1.165) is 39.3 Å². The third-order valence-electron chi connectivity index (χ3n) is 3.56. The Morgan fingerprint density at radius 2 is 2.05 bits per heavy atom. The van der Waals surface area contributed by atoms with Crippen molar-refractivity contribution in [2.45, 2.75) is 38.8 Å². The van der Waals surface area contributed by atoms with E-state index in [1.807, 2.05) is 0 Å². The highest BCUT2D eigenvalue weighted by Gasteiger charge is 2.11. The van der Waals surface area contributed by atoms with Gasteiger partial charge in [0.2, 0.25) is 0 Å². The predicted octanol–water partition coefficient (Wildman–Crippen LogP) is 2.11. The first-order valence-corrected chi connectivity index (χ1v) is 7.48. The van der Waals surface area contributed by atoms with Crippen LogP contribution in [-0.2, 0) is 17.7 Å². The zero-order chi connectivity index (χ0) is 13.3. The van der Waals surface area contributed by atoms with Gasteiger partial charge in [0.1, 0.15) is 0 Å². The third-order valence-corrected chi connectivity index (χ3v) is 3.56. The van der Waals surface area contributed by atoms with Gasteiger partial charge >= 0.3 is 0 Å². The van der Waals surface area contributed by atoms with Gasteiger partial charge in [-0.2, -0.15) is 0 Å². The lowest BCUT2D eigenvalue weighted by Crippen LogP contribution is -2.42. The lowest BCUT2D eigenvalue weighted by molar-refractivity contribution is 0.0742. The Bertz CT molecular complexity index is 344. The highest BCUT2D eigenvalue weighted by Crippen LogP contribution is 2.06. The van der Waals surface area contributed by atoms with E-state index in [1.54, 1.807) is 0 Å². The SMILES string of the molecule is CCCc1ccc(CNCCC2COCCN2)cc1. The molecule has 0 spiro atoms. The van der Waals surface area contributed by atoms with Crippen LogP contribution in [0.3, 0.4) is 0 Å². The van der Waals surface area contributed by atoms with Gasteiger partial charge in [-0.15, -0.1) is 0 Å². The van der Waals surface area contributed by atoms with Crippen molar-refractivity contribution in [3.05, 3.63) is 35.4 Å². The zero-order valence-electron chi connectivity index (χ0n) is 12.0. The molecule has 1 aliphatic rings. The van der Waals surface area contributed by atoms with E-state index < -0.39 is 0 Å². The van der Waals surface area contributed by atoms with Crippen molar-refractivity contribution in [3.63, 3.8) is 0 Å². The van der Waals surface area contributed by atoms with Crippen molar-refractivity contribution in [1.82, 2.24) is 10.6 Å². The summed E-state index contributed by atoms with van der Waals surface area (Å²) in [4.78, 5) is 0. The van der Waals surface area contributed by atoms with Gasteiger partial charge in [-0.05, 0) is 30.5 Å². The van der Waals surface area contributed by atoms with E-state index in [0.29, 0.717) is 6.04 Å². The fourth-order valence-electron chi connectivity index (χ4n) is 2.43. The van der Waals surface area contributed by atoms with Gasteiger partial charge in [0.05, 0.1) is 13.2 Å². The third kappa shape index (κ3) is 5.31. The van der Waals surface area contributed by atoms with E-state index in [-0.39, 0.29) is 0 Å². The number of aryl methyl sites for hydroxylation is 1. The first kappa shape index (κ1) is 14.5. The molecule has 1 heterocycles. The van der Waals surface area contributed by atoms with Crippen LogP contribution in [0.15, 0.2) is 24.3 Å². The topological polar surface area (TPSA) is 33.3 Å². The van der Waals surface area contributed by atoms with Crippen LogP contribution >= 0.6 is 0 Å². The average molecular weight is 262 g/mol. The van der Waals surface area contributed by atoms with Crippen molar-refractivity contribution < 1.29 is 4.74 Å². The average Bonchev–Trinajstić information content (AvgIpc) is 2.47. The summed E-state index contributed by atoms with van der Waals surface area (Å²) in [5, 5.41) is 6.98. The van der Waals surface area contributed by atoms with E-state index in [4.69, 9.17) is 4.74 Å². The minimum atomic E-state index is 0.521. The summed E-state index contributed by atoms with van der Waals surface area (Å²) in [6.07, 6.45) is 3.53. The van der Waals surface area contributed by atoms with E-state index in [2.05, 4.69) is 41.8 Å². The highest BCUT2D eigenvalue weighted by molar-refractivity contribution is 5.22. The lowest BCUT2D eigenvalue weighted by Gasteiger charge is -2.23. The van der Waals surface area contributed by atoms with Gasteiger partial charge in [0, 0.05) is 19.1 Å². The molecule has 0 radical (unpaired) electrons. The molecule has 0 saturated carbocycles. The fraction of sp³-hybridized carbons (Fsp3) is 0.625. The van der Waals surface area contributed by atoms with Crippen molar-refractivity contribution in [3.8, 4) is 0 Å². The van der Waals surface area contributed by atoms with Crippen molar-refractivity contribution in [2.75, 3.05) is 26.3 Å². The molecule has 1 atom stereocenters. The number of hydrogen-bond acceptors (Lipinski definition) is 3.